The van der Waals surface area contributed by atoms with E-state index in [-0.39, 0.29) is 11.9 Å². The Bertz CT molecular complexity index is 676. The molecular weight excluding hydrogens is 320 g/mol. The third-order valence-corrected chi connectivity index (χ3v) is 4.29. The van der Waals surface area contributed by atoms with Crippen molar-refractivity contribution in [2.24, 2.45) is 0 Å². The van der Waals surface area contributed by atoms with E-state index in [4.69, 9.17) is 10.5 Å². The third-order valence-electron chi connectivity index (χ3n) is 4.29. The molecule has 1 amide bonds. The zero-order chi connectivity index (χ0) is 17.5. The summed E-state index contributed by atoms with van der Waals surface area (Å²) >= 11 is 0. The third kappa shape index (κ3) is 5.01. The molecule has 2 aromatic rings. The Balaban J connectivity index is 1.50. The van der Waals surface area contributed by atoms with Gasteiger partial charge in [0.1, 0.15) is 5.82 Å². The second-order valence-corrected chi connectivity index (χ2v) is 6.07. The van der Waals surface area contributed by atoms with E-state index in [1.807, 2.05) is 24.4 Å². The Kier molecular flexibility index (Phi) is 5.97. The summed E-state index contributed by atoms with van der Waals surface area (Å²) in [5.74, 6) is 0.559. The van der Waals surface area contributed by atoms with Crippen LogP contribution in [0.4, 0.5) is 5.82 Å². The van der Waals surface area contributed by atoms with E-state index in [1.165, 1.54) is 0 Å². The number of pyridine rings is 1. The summed E-state index contributed by atoms with van der Waals surface area (Å²) in [6, 6.07) is 5.75. The number of morpholine rings is 1. The molecule has 1 saturated heterocycles. The fourth-order valence-corrected chi connectivity index (χ4v) is 2.92. The van der Waals surface area contributed by atoms with Crippen molar-refractivity contribution in [3.05, 3.63) is 42.4 Å². The first-order valence-electron chi connectivity index (χ1n) is 8.47. The van der Waals surface area contributed by atoms with Gasteiger partial charge in [-0.2, -0.15) is 5.10 Å². The maximum Gasteiger partial charge on any atom is 0.221 e. The molecule has 3 heterocycles. The predicted molar refractivity (Wildman–Crippen MR) is 93.5 cm³/mol. The van der Waals surface area contributed by atoms with Crippen molar-refractivity contribution in [1.29, 1.82) is 0 Å². The molecule has 8 nitrogen and oxygen atoms in total. The van der Waals surface area contributed by atoms with E-state index in [9.17, 15) is 4.79 Å². The molecule has 1 unspecified atom stereocenters. The van der Waals surface area contributed by atoms with E-state index in [0.717, 1.165) is 12.1 Å². The van der Waals surface area contributed by atoms with Crippen molar-refractivity contribution in [3.63, 3.8) is 0 Å². The standard InChI is InChI=1S/C17H24N6O2/c18-17-14(3-1-4-20-17)12-22-9-10-25-13-15(22)11-16(24)19-6-8-23-7-2-5-21-23/h1-5,7,15H,6,8-13H2,(H2,18,20)(H,19,24). The minimum Gasteiger partial charge on any atom is -0.383 e. The molecule has 8 heteroatoms. The first-order valence-corrected chi connectivity index (χ1v) is 8.47. The van der Waals surface area contributed by atoms with Crippen LogP contribution in [0.25, 0.3) is 0 Å². The number of nitrogens with zero attached hydrogens (tertiary/aromatic N) is 4. The molecule has 3 N–H and O–H groups in total. The fourth-order valence-electron chi connectivity index (χ4n) is 2.92. The highest BCUT2D eigenvalue weighted by Crippen LogP contribution is 2.17. The van der Waals surface area contributed by atoms with Crippen molar-refractivity contribution in [2.45, 2.75) is 25.6 Å². The number of nitrogens with two attached hydrogens (primary N) is 1. The topological polar surface area (TPSA) is 98.3 Å². The molecule has 0 aromatic carbocycles. The smallest absolute Gasteiger partial charge is 0.221 e. The van der Waals surface area contributed by atoms with Gasteiger partial charge in [-0.3, -0.25) is 14.4 Å². The highest BCUT2D eigenvalue weighted by Gasteiger charge is 2.25. The summed E-state index contributed by atoms with van der Waals surface area (Å²) < 4.78 is 7.36. The number of hydrogen-bond acceptors (Lipinski definition) is 6. The number of amides is 1. The van der Waals surface area contributed by atoms with Crippen molar-refractivity contribution in [2.75, 3.05) is 32.0 Å². The van der Waals surface area contributed by atoms with Gasteiger partial charge in [0.2, 0.25) is 5.91 Å². The van der Waals surface area contributed by atoms with E-state index < -0.39 is 0 Å². The van der Waals surface area contributed by atoms with E-state index in [1.54, 1.807) is 17.1 Å². The molecule has 0 aliphatic carbocycles. The summed E-state index contributed by atoms with van der Waals surface area (Å²) in [5.41, 5.74) is 6.92. The highest BCUT2D eigenvalue weighted by molar-refractivity contribution is 5.76. The molecule has 1 aliphatic rings. The van der Waals surface area contributed by atoms with Gasteiger partial charge in [-0.25, -0.2) is 4.98 Å². The summed E-state index contributed by atoms with van der Waals surface area (Å²) in [6.45, 7) is 3.89. The maximum absolute atomic E-state index is 12.2. The second kappa shape index (κ2) is 8.59. The maximum atomic E-state index is 12.2. The van der Waals surface area contributed by atoms with Crippen LogP contribution < -0.4 is 11.1 Å². The number of carbonyl (C=O) groups excluding carboxylic acids is 1. The van der Waals surface area contributed by atoms with E-state index >= 15 is 0 Å². The Labute approximate surface area is 147 Å². The van der Waals surface area contributed by atoms with Gasteiger partial charge in [0, 0.05) is 56.3 Å². The van der Waals surface area contributed by atoms with Crippen LogP contribution in [-0.2, 0) is 22.6 Å². The average molecular weight is 344 g/mol. The van der Waals surface area contributed by atoms with Crippen LogP contribution in [0.15, 0.2) is 36.8 Å². The number of nitrogens with one attached hydrogen (secondary N) is 1. The quantitative estimate of drug-likeness (QED) is 0.748. The van der Waals surface area contributed by atoms with Gasteiger partial charge in [0.25, 0.3) is 0 Å². The molecule has 0 radical (unpaired) electrons. The molecule has 2 aromatic heterocycles. The van der Waals surface area contributed by atoms with Crippen LogP contribution in [0, 0.1) is 0 Å². The first-order chi connectivity index (χ1) is 12.2. The summed E-state index contributed by atoms with van der Waals surface area (Å²) in [7, 11) is 0. The van der Waals surface area contributed by atoms with Gasteiger partial charge in [0.05, 0.1) is 19.8 Å². The number of anilines is 1. The van der Waals surface area contributed by atoms with Gasteiger partial charge in [-0.05, 0) is 12.1 Å². The second-order valence-electron chi connectivity index (χ2n) is 6.07. The first kappa shape index (κ1) is 17.4. The molecular formula is C17H24N6O2. The number of hydrogen-bond donors (Lipinski definition) is 2. The Morgan fingerprint density at radius 3 is 3.12 bits per heavy atom. The minimum absolute atomic E-state index is 0.0202. The lowest BCUT2D eigenvalue weighted by Gasteiger charge is -2.35. The van der Waals surface area contributed by atoms with Gasteiger partial charge in [-0.1, -0.05) is 6.07 Å². The fraction of sp³-hybridized carbons (Fsp3) is 0.471. The van der Waals surface area contributed by atoms with Crippen LogP contribution in [0.5, 0.6) is 0 Å². The molecule has 0 bridgehead atoms. The van der Waals surface area contributed by atoms with E-state index in [0.29, 0.717) is 45.1 Å². The average Bonchev–Trinajstić information content (AvgIpc) is 3.12. The molecule has 134 valence electrons. The molecule has 25 heavy (non-hydrogen) atoms. The molecule has 1 aliphatic heterocycles. The molecule has 0 spiro atoms. The summed E-state index contributed by atoms with van der Waals surface area (Å²) in [5, 5.41) is 7.06. The van der Waals surface area contributed by atoms with Gasteiger partial charge in [0.15, 0.2) is 0 Å². The van der Waals surface area contributed by atoms with Crippen LogP contribution in [-0.4, -0.2) is 57.9 Å². The number of nitrogen functional groups attached to an aromatic ring is 1. The van der Waals surface area contributed by atoms with Gasteiger partial charge >= 0.3 is 0 Å². The monoisotopic (exact) mass is 344 g/mol. The normalized spacial score (nSPS) is 18.2. The van der Waals surface area contributed by atoms with Crippen LogP contribution in [0.3, 0.4) is 0 Å². The number of carbonyl (C=O) groups is 1. The van der Waals surface area contributed by atoms with Crippen molar-refractivity contribution >= 4 is 11.7 Å². The molecule has 3 rings (SSSR count). The number of ether oxygens (including phenoxy) is 1. The molecule has 1 atom stereocenters. The Morgan fingerprint density at radius 2 is 2.32 bits per heavy atom. The lowest BCUT2D eigenvalue weighted by Crippen LogP contribution is -2.47. The predicted octanol–water partition coefficient (Wildman–Crippen LogP) is 0.268. The zero-order valence-corrected chi connectivity index (χ0v) is 14.2. The summed E-state index contributed by atoms with van der Waals surface area (Å²) in [6.07, 6.45) is 5.69. The number of aromatic nitrogens is 3. The van der Waals surface area contributed by atoms with E-state index in [2.05, 4.69) is 20.3 Å². The van der Waals surface area contributed by atoms with Gasteiger partial charge < -0.3 is 15.8 Å². The van der Waals surface area contributed by atoms with Gasteiger partial charge in [-0.15, -0.1) is 0 Å². The number of rotatable bonds is 7. The van der Waals surface area contributed by atoms with Crippen molar-refractivity contribution in [3.8, 4) is 0 Å². The largest absolute Gasteiger partial charge is 0.383 e. The SMILES string of the molecule is Nc1ncccc1CN1CCOCC1CC(=O)NCCn1cccn1. The Hall–Kier alpha value is -2.45. The Morgan fingerprint density at radius 1 is 1.40 bits per heavy atom. The van der Waals surface area contributed by atoms with Crippen LogP contribution in [0.2, 0.25) is 0 Å². The van der Waals surface area contributed by atoms with Crippen LogP contribution >= 0.6 is 0 Å². The highest BCUT2D eigenvalue weighted by atomic mass is 16.5. The molecule has 0 saturated carbocycles. The van der Waals surface area contributed by atoms with Crippen molar-refractivity contribution < 1.29 is 9.53 Å². The van der Waals surface area contributed by atoms with Crippen LogP contribution in [0.1, 0.15) is 12.0 Å². The zero-order valence-electron chi connectivity index (χ0n) is 14.2. The lowest BCUT2D eigenvalue weighted by molar-refractivity contribution is -0.124. The minimum atomic E-state index is 0.0202. The summed E-state index contributed by atoms with van der Waals surface area (Å²) in [4.78, 5) is 18.6. The van der Waals surface area contributed by atoms with Crippen molar-refractivity contribution in [1.82, 2.24) is 25.0 Å². The lowest BCUT2D eigenvalue weighted by atomic mass is 10.1. The molecule has 1 fully saturated rings.